The molecule has 0 aliphatic heterocycles. The Balaban J connectivity index is 3.08. The third-order valence-corrected chi connectivity index (χ3v) is 3.83. The van der Waals surface area contributed by atoms with Crippen LogP contribution >= 0.6 is 11.8 Å². The van der Waals surface area contributed by atoms with Crippen LogP contribution < -0.4 is 4.90 Å². The Morgan fingerprint density at radius 2 is 1.90 bits per heavy atom. The van der Waals surface area contributed by atoms with Gasteiger partial charge in [0.25, 0.3) is 0 Å². The van der Waals surface area contributed by atoms with E-state index in [-0.39, 0.29) is 6.54 Å². The zero-order valence-corrected chi connectivity index (χ0v) is 12.6. The minimum absolute atomic E-state index is 0.153. The van der Waals surface area contributed by atoms with Crippen LogP contribution in [0.1, 0.15) is 13.8 Å². The van der Waals surface area contributed by atoms with Crippen molar-refractivity contribution in [3.05, 3.63) is 24.3 Å². The maximum Gasteiger partial charge on any atom is 0.326 e. The summed E-state index contributed by atoms with van der Waals surface area (Å²) < 4.78 is 0. The fraction of sp³-hybridized carbons (Fsp3) is 0.429. The maximum atomic E-state index is 11.2. The number of benzene rings is 1. The molecule has 2 atom stereocenters. The molecule has 2 N–H and O–H groups in total. The number of hydrogen-bond donors (Lipinski definition) is 2. The van der Waals surface area contributed by atoms with E-state index in [0.29, 0.717) is 0 Å². The van der Waals surface area contributed by atoms with Crippen molar-refractivity contribution in [3.8, 4) is 0 Å². The van der Waals surface area contributed by atoms with Crippen LogP contribution in [0.5, 0.6) is 0 Å². The van der Waals surface area contributed by atoms with E-state index in [1.807, 2.05) is 24.5 Å². The number of anilines is 1. The van der Waals surface area contributed by atoms with Gasteiger partial charge >= 0.3 is 11.9 Å². The molecule has 1 aromatic carbocycles. The Bertz CT molecular complexity index is 492. The third kappa shape index (κ3) is 4.16. The molecule has 0 saturated heterocycles. The van der Waals surface area contributed by atoms with Crippen molar-refractivity contribution >= 4 is 29.4 Å². The molecule has 0 spiro atoms. The van der Waals surface area contributed by atoms with Gasteiger partial charge in [-0.05, 0) is 31.4 Å². The van der Waals surface area contributed by atoms with E-state index in [9.17, 15) is 14.7 Å². The van der Waals surface area contributed by atoms with Gasteiger partial charge in [0.15, 0.2) is 0 Å². The lowest BCUT2D eigenvalue weighted by atomic mass is 10.1. The lowest BCUT2D eigenvalue weighted by molar-refractivity contribution is -0.142. The Morgan fingerprint density at radius 1 is 1.25 bits per heavy atom. The second kappa shape index (κ2) is 7.19. The molecule has 0 saturated carbocycles. The first-order valence-corrected chi connectivity index (χ1v) is 7.45. The number of carbonyl (C=O) groups is 2. The van der Waals surface area contributed by atoms with Crippen molar-refractivity contribution in [2.45, 2.75) is 24.8 Å². The summed E-state index contributed by atoms with van der Waals surface area (Å²) in [7, 11) is 0. The average Bonchev–Trinajstić information content (AvgIpc) is 2.43. The fourth-order valence-corrected chi connectivity index (χ4v) is 2.24. The molecule has 6 heteroatoms. The van der Waals surface area contributed by atoms with Crippen molar-refractivity contribution < 1.29 is 19.8 Å². The molecule has 1 aromatic rings. The molecular weight excluding hydrogens is 278 g/mol. The van der Waals surface area contributed by atoms with Gasteiger partial charge in [0.05, 0.1) is 5.92 Å². The van der Waals surface area contributed by atoms with E-state index < -0.39 is 23.9 Å². The van der Waals surface area contributed by atoms with Crippen LogP contribution in [0, 0.1) is 5.92 Å². The van der Waals surface area contributed by atoms with Crippen molar-refractivity contribution in [3.63, 3.8) is 0 Å². The molecule has 0 heterocycles. The van der Waals surface area contributed by atoms with Gasteiger partial charge in [-0.2, -0.15) is 0 Å². The average molecular weight is 297 g/mol. The smallest absolute Gasteiger partial charge is 0.326 e. The van der Waals surface area contributed by atoms with Gasteiger partial charge in [-0.15, -0.1) is 11.8 Å². The number of nitrogens with zero attached hydrogens (tertiary/aromatic N) is 1. The topological polar surface area (TPSA) is 77.8 Å². The van der Waals surface area contributed by atoms with Crippen LogP contribution in [-0.2, 0) is 9.59 Å². The lowest BCUT2D eigenvalue weighted by Gasteiger charge is -2.30. The zero-order chi connectivity index (χ0) is 15.3. The number of rotatable bonds is 7. The summed E-state index contributed by atoms with van der Waals surface area (Å²) in [5.74, 6) is -2.56. The van der Waals surface area contributed by atoms with Crippen LogP contribution in [0.3, 0.4) is 0 Å². The Hall–Kier alpha value is -1.69. The minimum atomic E-state index is -0.975. The molecule has 0 amide bonds. The largest absolute Gasteiger partial charge is 0.481 e. The van der Waals surface area contributed by atoms with Gasteiger partial charge in [0.2, 0.25) is 0 Å². The van der Waals surface area contributed by atoms with E-state index in [1.54, 1.807) is 36.6 Å². The van der Waals surface area contributed by atoms with Crippen LogP contribution in [0.4, 0.5) is 5.69 Å². The third-order valence-electron chi connectivity index (χ3n) is 3.10. The summed E-state index contributed by atoms with van der Waals surface area (Å²) in [6, 6.07) is 6.66. The van der Waals surface area contributed by atoms with Gasteiger partial charge in [-0.3, -0.25) is 4.79 Å². The fourth-order valence-electron chi connectivity index (χ4n) is 1.78. The highest BCUT2D eigenvalue weighted by Crippen LogP contribution is 2.24. The van der Waals surface area contributed by atoms with Crippen molar-refractivity contribution in [1.82, 2.24) is 0 Å². The second-order valence-electron chi connectivity index (χ2n) is 4.61. The zero-order valence-electron chi connectivity index (χ0n) is 11.7. The quantitative estimate of drug-likeness (QED) is 0.753. The van der Waals surface area contributed by atoms with Crippen molar-refractivity contribution in [2.24, 2.45) is 5.92 Å². The first-order valence-electron chi connectivity index (χ1n) is 6.23. The first-order chi connectivity index (χ1) is 9.36. The predicted molar refractivity (Wildman–Crippen MR) is 79.5 cm³/mol. The number of carboxylic acid groups (broad SMARTS) is 2. The second-order valence-corrected chi connectivity index (χ2v) is 5.49. The standard InChI is InChI=1S/C14H19NO4S/c1-9(13(16)17)8-15(10(2)14(18)19)11-5-4-6-12(7-11)20-3/h4-7,9-10H,8H2,1-3H3,(H,16,17)(H,18,19). The van der Waals surface area contributed by atoms with Crippen LogP contribution in [0.25, 0.3) is 0 Å². The highest BCUT2D eigenvalue weighted by Gasteiger charge is 2.25. The van der Waals surface area contributed by atoms with E-state index in [1.165, 1.54) is 0 Å². The molecule has 0 aromatic heterocycles. The first kappa shape index (κ1) is 16.4. The van der Waals surface area contributed by atoms with Gasteiger partial charge in [-0.1, -0.05) is 13.0 Å². The summed E-state index contributed by atoms with van der Waals surface area (Å²) in [5.41, 5.74) is 0.722. The predicted octanol–water partition coefficient (Wildman–Crippen LogP) is 2.41. The number of aliphatic carboxylic acids is 2. The van der Waals surface area contributed by atoms with E-state index >= 15 is 0 Å². The highest BCUT2D eigenvalue weighted by molar-refractivity contribution is 7.98. The summed E-state index contributed by atoms with van der Waals surface area (Å²) in [4.78, 5) is 24.8. The molecule has 2 unspecified atom stereocenters. The van der Waals surface area contributed by atoms with Gasteiger partial charge in [-0.25, -0.2) is 4.79 Å². The van der Waals surface area contributed by atoms with Gasteiger partial charge < -0.3 is 15.1 Å². The number of thioether (sulfide) groups is 1. The van der Waals surface area contributed by atoms with Crippen molar-refractivity contribution in [1.29, 1.82) is 0 Å². The molecular formula is C14H19NO4S. The molecule has 5 nitrogen and oxygen atoms in total. The molecule has 110 valence electrons. The van der Waals surface area contributed by atoms with E-state index in [2.05, 4.69) is 0 Å². The van der Waals surface area contributed by atoms with E-state index in [4.69, 9.17) is 5.11 Å². The minimum Gasteiger partial charge on any atom is -0.481 e. The van der Waals surface area contributed by atoms with Crippen LogP contribution in [0.2, 0.25) is 0 Å². The summed E-state index contributed by atoms with van der Waals surface area (Å²) >= 11 is 1.56. The molecule has 1 rings (SSSR count). The molecule has 0 aliphatic rings. The van der Waals surface area contributed by atoms with E-state index in [0.717, 1.165) is 10.6 Å². The molecule has 0 bridgehead atoms. The molecule has 0 fully saturated rings. The lowest BCUT2D eigenvalue weighted by Crippen LogP contribution is -2.43. The summed E-state index contributed by atoms with van der Waals surface area (Å²) in [6.07, 6.45) is 1.93. The maximum absolute atomic E-state index is 11.2. The normalized spacial score (nSPS) is 13.6. The monoisotopic (exact) mass is 297 g/mol. The summed E-state index contributed by atoms with van der Waals surface area (Å²) in [5, 5.41) is 18.2. The molecule has 20 heavy (non-hydrogen) atoms. The Kier molecular flexibility index (Phi) is 5.88. The Labute approximate surface area is 122 Å². The van der Waals surface area contributed by atoms with Crippen LogP contribution in [0.15, 0.2) is 29.2 Å². The Morgan fingerprint density at radius 3 is 2.40 bits per heavy atom. The van der Waals surface area contributed by atoms with Crippen LogP contribution in [-0.4, -0.2) is 41.0 Å². The molecule has 0 aliphatic carbocycles. The van der Waals surface area contributed by atoms with Gasteiger partial charge in [0, 0.05) is 17.1 Å². The van der Waals surface area contributed by atoms with Crippen molar-refractivity contribution in [2.75, 3.05) is 17.7 Å². The molecule has 0 radical (unpaired) electrons. The number of hydrogen-bond acceptors (Lipinski definition) is 4. The number of carboxylic acids is 2. The van der Waals surface area contributed by atoms with Gasteiger partial charge in [0.1, 0.15) is 6.04 Å². The summed E-state index contributed by atoms with van der Waals surface area (Å²) in [6.45, 7) is 3.28. The highest BCUT2D eigenvalue weighted by atomic mass is 32.2. The SMILES string of the molecule is CSc1cccc(N(CC(C)C(=O)O)C(C)C(=O)O)c1.